The Balaban J connectivity index is 3.13. The van der Waals surface area contributed by atoms with Crippen molar-refractivity contribution in [2.45, 2.75) is 52.2 Å². The van der Waals surface area contributed by atoms with E-state index in [0.717, 1.165) is 13.0 Å². The molecule has 0 heterocycles. The molecule has 0 aromatic heterocycles. The summed E-state index contributed by atoms with van der Waals surface area (Å²) in [6.45, 7) is 9.23. The van der Waals surface area contributed by atoms with Crippen LogP contribution in [0.25, 0.3) is 0 Å². The van der Waals surface area contributed by atoms with Gasteiger partial charge >= 0.3 is 0 Å². The molecule has 3 atom stereocenters. The van der Waals surface area contributed by atoms with E-state index in [4.69, 9.17) is 5.73 Å². The minimum absolute atomic E-state index is 0.0638. The second-order valence-corrected chi connectivity index (χ2v) is 4.91. The van der Waals surface area contributed by atoms with Crippen LogP contribution >= 0.6 is 0 Å². The van der Waals surface area contributed by atoms with Gasteiger partial charge in [-0.15, -0.1) is 0 Å². The van der Waals surface area contributed by atoms with Gasteiger partial charge in [-0.1, -0.05) is 32.0 Å². The van der Waals surface area contributed by atoms with E-state index >= 15 is 0 Å². The fourth-order valence-electron chi connectivity index (χ4n) is 2.50. The van der Waals surface area contributed by atoms with E-state index in [-0.39, 0.29) is 17.9 Å². The lowest BCUT2D eigenvalue weighted by Gasteiger charge is -2.38. The molecule has 3 unspecified atom stereocenters. The zero-order chi connectivity index (χ0) is 13.7. The summed E-state index contributed by atoms with van der Waals surface area (Å²) in [6, 6.07) is 7.17. The van der Waals surface area contributed by atoms with Crippen molar-refractivity contribution < 1.29 is 4.39 Å². The van der Waals surface area contributed by atoms with Gasteiger partial charge in [0.1, 0.15) is 5.82 Å². The van der Waals surface area contributed by atoms with Crippen LogP contribution < -0.4 is 5.73 Å². The Morgan fingerprint density at radius 3 is 2.28 bits per heavy atom. The van der Waals surface area contributed by atoms with Crippen LogP contribution in [0.5, 0.6) is 0 Å². The number of benzene rings is 1. The van der Waals surface area contributed by atoms with Crippen molar-refractivity contribution in [1.29, 1.82) is 0 Å². The summed E-state index contributed by atoms with van der Waals surface area (Å²) in [6.07, 6.45) is 1.03. The molecule has 2 N–H and O–H groups in total. The summed E-state index contributed by atoms with van der Waals surface area (Å²) in [5.74, 6) is -0.165. The van der Waals surface area contributed by atoms with Crippen molar-refractivity contribution in [3.8, 4) is 0 Å². The van der Waals surface area contributed by atoms with Crippen LogP contribution in [0.15, 0.2) is 24.3 Å². The third-order valence-electron chi connectivity index (χ3n) is 3.60. The fourth-order valence-corrected chi connectivity index (χ4v) is 2.50. The number of hydrogen-bond donors (Lipinski definition) is 1. The summed E-state index contributed by atoms with van der Waals surface area (Å²) in [5, 5.41) is 0. The summed E-state index contributed by atoms with van der Waals surface area (Å²) in [5.41, 5.74) is 6.80. The molecule has 0 bridgehead atoms. The quantitative estimate of drug-likeness (QED) is 0.841. The van der Waals surface area contributed by atoms with Gasteiger partial charge in [0.05, 0.1) is 6.04 Å². The van der Waals surface area contributed by atoms with Crippen LogP contribution in [-0.4, -0.2) is 23.5 Å². The van der Waals surface area contributed by atoms with E-state index in [1.807, 2.05) is 19.1 Å². The Bertz CT molecular complexity index is 365. The molecule has 0 amide bonds. The Kier molecular flexibility index (Phi) is 5.76. The van der Waals surface area contributed by atoms with Crippen LogP contribution in [0.1, 0.15) is 45.7 Å². The average molecular weight is 252 g/mol. The Hall–Kier alpha value is -0.930. The molecular weight excluding hydrogens is 227 g/mol. The van der Waals surface area contributed by atoms with Crippen LogP contribution in [-0.2, 0) is 0 Å². The van der Waals surface area contributed by atoms with Gasteiger partial charge < -0.3 is 5.73 Å². The predicted molar refractivity (Wildman–Crippen MR) is 74.9 cm³/mol. The van der Waals surface area contributed by atoms with Crippen LogP contribution in [0, 0.1) is 5.82 Å². The number of likely N-dealkylation sites (N-methyl/N-ethyl adjacent to an activating group) is 1. The zero-order valence-corrected chi connectivity index (χ0v) is 11.9. The largest absolute Gasteiger partial charge is 0.326 e. The molecule has 18 heavy (non-hydrogen) atoms. The molecule has 0 saturated carbocycles. The van der Waals surface area contributed by atoms with Gasteiger partial charge in [0, 0.05) is 17.6 Å². The third kappa shape index (κ3) is 3.30. The van der Waals surface area contributed by atoms with Crippen molar-refractivity contribution in [3.63, 3.8) is 0 Å². The molecule has 0 fully saturated rings. The number of nitrogens with zero attached hydrogens (tertiary/aromatic N) is 1. The normalized spacial score (nSPS) is 16.6. The first-order valence-electron chi connectivity index (χ1n) is 6.78. The molecule has 1 aromatic carbocycles. The molecule has 1 aromatic rings. The lowest BCUT2D eigenvalue weighted by molar-refractivity contribution is 0.128. The van der Waals surface area contributed by atoms with E-state index < -0.39 is 0 Å². The maximum absolute atomic E-state index is 14.0. The third-order valence-corrected chi connectivity index (χ3v) is 3.60. The Morgan fingerprint density at radius 2 is 1.83 bits per heavy atom. The van der Waals surface area contributed by atoms with Gasteiger partial charge in [0.2, 0.25) is 0 Å². The number of nitrogens with two attached hydrogens (primary N) is 1. The van der Waals surface area contributed by atoms with E-state index in [1.165, 1.54) is 6.07 Å². The van der Waals surface area contributed by atoms with Crippen molar-refractivity contribution in [1.82, 2.24) is 4.90 Å². The number of rotatable bonds is 6. The molecule has 2 nitrogen and oxygen atoms in total. The van der Waals surface area contributed by atoms with E-state index in [9.17, 15) is 4.39 Å². The summed E-state index contributed by atoms with van der Waals surface area (Å²) < 4.78 is 14.0. The average Bonchev–Trinajstić information content (AvgIpc) is 2.35. The lowest BCUT2D eigenvalue weighted by Crippen LogP contribution is -2.44. The van der Waals surface area contributed by atoms with Crippen molar-refractivity contribution in [2.75, 3.05) is 6.54 Å². The molecule has 0 spiro atoms. The molecule has 3 heteroatoms. The standard InChI is InChI=1S/C15H25FN2/c1-5-11(3)18(6-2)15(12(4)17)13-9-7-8-10-14(13)16/h7-12,15H,5-6,17H2,1-4H3. The summed E-state index contributed by atoms with van der Waals surface area (Å²) >= 11 is 0. The number of hydrogen-bond acceptors (Lipinski definition) is 2. The predicted octanol–water partition coefficient (Wildman–Crippen LogP) is 3.33. The Morgan fingerprint density at radius 1 is 1.22 bits per heavy atom. The first-order chi connectivity index (χ1) is 8.52. The molecule has 102 valence electrons. The SMILES string of the molecule is CCC(C)N(CC)C(c1ccccc1F)C(C)N. The molecule has 0 aliphatic rings. The molecule has 1 rings (SSSR count). The number of halogens is 1. The highest BCUT2D eigenvalue weighted by Gasteiger charge is 2.27. The zero-order valence-electron chi connectivity index (χ0n) is 11.9. The lowest BCUT2D eigenvalue weighted by atomic mass is 9.96. The van der Waals surface area contributed by atoms with E-state index in [0.29, 0.717) is 11.6 Å². The van der Waals surface area contributed by atoms with Gasteiger partial charge in [0.25, 0.3) is 0 Å². The Labute approximate surface area is 110 Å². The highest BCUT2D eigenvalue weighted by Crippen LogP contribution is 2.28. The van der Waals surface area contributed by atoms with Crippen LogP contribution in [0.4, 0.5) is 4.39 Å². The summed E-state index contributed by atoms with van der Waals surface area (Å²) in [4.78, 5) is 2.28. The molecule has 0 aliphatic carbocycles. The topological polar surface area (TPSA) is 29.3 Å². The van der Waals surface area contributed by atoms with Gasteiger partial charge in [-0.2, -0.15) is 0 Å². The van der Waals surface area contributed by atoms with Gasteiger partial charge in [0.15, 0.2) is 0 Å². The van der Waals surface area contributed by atoms with Crippen LogP contribution in [0.2, 0.25) is 0 Å². The van der Waals surface area contributed by atoms with E-state index in [2.05, 4.69) is 25.7 Å². The van der Waals surface area contributed by atoms with E-state index in [1.54, 1.807) is 6.07 Å². The van der Waals surface area contributed by atoms with Crippen molar-refractivity contribution in [3.05, 3.63) is 35.6 Å². The first kappa shape index (κ1) is 15.1. The maximum Gasteiger partial charge on any atom is 0.128 e. The molecular formula is C15H25FN2. The summed E-state index contributed by atoms with van der Waals surface area (Å²) in [7, 11) is 0. The second kappa shape index (κ2) is 6.86. The van der Waals surface area contributed by atoms with Crippen molar-refractivity contribution >= 4 is 0 Å². The first-order valence-corrected chi connectivity index (χ1v) is 6.78. The van der Waals surface area contributed by atoms with Crippen LogP contribution in [0.3, 0.4) is 0 Å². The monoisotopic (exact) mass is 252 g/mol. The van der Waals surface area contributed by atoms with Gasteiger partial charge in [-0.3, -0.25) is 4.90 Å². The fraction of sp³-hybridized carbons (Fsp3) is 0.600. The van der Waals surface area contributed by atoms with Gasteiger partial charge in [-0.05, 0) is 32.9 Å². The highest BCUT2D eigenvalue weighted by molar-refractivity contribution is 5.23. The highest BCUT2D eigenvalue weighted by atomic mass is 19.1. The minimum Gasteiger partial charge on any atom is -0.326 e. The maximum atomic E-state index is 14.0. The molecule has 0 saturated heterocycles. The molecule has 0 aliphatic heterocycles. The second-order valence-electron chi connectivity index (χ2n) is 4.91. The van der Waals surface area contributed by atoms with Crippen molar-refractivity contribution in [2.24, 2.45) is 5.73 Å². The van der Waals surface area contributed by atoms with Gasteiger partial charge in [-0.25, -0.2) is 4.39 Å². The smallest absolute Gasteiger partial charge is 0.128 e. The molecule has 0 radical (unpaired) electrons. The minimum atomic E-state index is -0.165.